The molecule has 0 bridgehead atoms. The van der Waals surface area contributed by atoms with E-state index in [1.165, 1.54) is 28.0 Å². The van der Waals surface area contributed by atoms with Crippen LogP contribution in [0.1, 0.15) is 28.8 Å². The fourth-order valence-corrected chi connectivity index (χ4v) is 4.36. The van der Waals surface area contributed by atoms with Gasteiger partial charge in [-0.05, 0) is 36.2 Å². The Balaban J connectivity index is 1.22. The summed E-state index contributed by atoms with van der Waals surface area (Å²) in [5.41, 5.74) is -0.0124. The van der Waals surface area contributed by atoms with Crippen molar-refractivity contribution in [2.45, 2.75) is 24.8 Å². The van der Waals surface area contributed by atoms with Crippen LogP contribution in [0.4, 0.5) is 10.5 Å². The van der Waals surface area contributed by atoms with Gasteiger partial charge in [0.1, 0.15) is 5.75 Å². The third-order valence-electron chi connectivity index (χ3n) is 5.24. The molecule has 2 aliphatic heterocycles. The lowest BCUT2D eigenvalue weighted by molar-refractivity contribution is -0.384. The number of ether oxygens (including phenoxy) is 2. The molecular formula is C22H21N3O7S. The number of nitro groups is 1. The number of non-ortho nitro benzene ring substituents is 1. The molecule has 1 unspecified atom stereocenters. The maximum atomic E-state index is 12.6. The minimum Gasteiger partial charge on any atom is -0.472 e. The average molecular weight is 471 g/mol. The molecule has 4 rings (SSSR count). The second kappa shape index (κ2) is 10.0. The first-order valence-corrected chi connectivity index (χ1v) is 11.2. The Kier molecular flexibility index (Phi) is 6.90. The number of nitrogens with zero attached hydrogens (tertiary/aromatic N) is 3. The van der Waals surface area contributed by atoms with Gasteiger partial charge in [0, 0.05) is 25.3 Å². The third kappa shape index (κ3) is 5.15. The number of carbonyl (C=O) groups is 3. The van der Waals surface area contributed by atoms with Crippen molar-refractivity contribution in [3.63, 3.8) is 0 Å². The predicted molar refractivity (Wildman–Crippen MR) is 119 cm³/mol. The van der Waals surface area contributed by atoms with Crippen LogP contribution in [-0.2, 0) is 16.1 Å². The number of hydrogen-bond donors (Lipinski definition) is 0. The van der Waals surface area contributed by atoms with Crippen LogP contribution >= 0.6 is 11.8 Å². The molecule has 0 saturated carbocycles. The van der Waals surface area contributed by atoms with E-state index in [2.05, 4.69) is 0 Å². The van der Waals surface area contributed by atoms with Gasteiger partial charge in [-0.2, -0.15) is 0 Å². The van der Waals surface area contributed by atoms with Gasteiger partial charge < -0.3 is 14.4 Å². The van der Waals surface area contributed by atoms with Crippen molar-refractivity contribution < 1.29 is 28.8 Å². The zero-order valence-electron chi connectivity index (χ0n) is 17.5. The molecular weight excluding hydrogens is 450 g/mol. The standard InChI is InChI=1S/C22H21N3O7S/c26-19-17-12-16(25(29)30)8-9-18(17)32-14-23(19)10-4-5-11-31-21-20(27)24(22(28)33-21)13-15-6-2-1-3-7-15/h1-3,6-9,12,21H,4-5,10-11,13-14H2. The Morgan fingerprint density at radius 2 is 1.91 bits per heavy atom. The minimum atomic E-state index is -0.867. The fourth-order valence-electron chi connectivity index (χ4n) is 3.50. The summed E-state index contributed by atoms with van der Waals surface area (Å²) in [5, 5.41) is 10.6. The van der Waals surface area contributed by atoms with Gasteiger partial charge in [-0.15, -0.1) is 0 Å². The lowest BCUT2D eigenvalue weighted by atomic mass is 10.1. The lowest BCUT2D eigenvalue weighted by Crippen LogP contribution is -2.39. The fraction of sp³-hybridized carbons (Fsp3) is 0.318. The highest BCUT2D eigenvalue weighted by atomic mass is 32.2. The molecule has 0 radical (unpaired) electrons. The van der Waals surface area contributed by atoms with Gasteiger partial charge in [0.25, 0.3) is 22.7 Å². The highest BCUT2D eigenvalue weighted by molar-refractivity contribution is 8.15. The van der Waals surface area contributed by atoms with E-state index in [0.717, 1.165) is 17.3 Å². The molecule has 2 aromatic carbocycles. The Morgan fingerprint density at radius 1 is 1.12 bits per heavy atom. The van der Waals surface area contributed by atoms with Crippen molar-refractivity contribution in [3.8, 4) is 5.75 Å². The van der Waals surface area contributed by atoms with E-state index in [0.29, 0.717) is 25.1 Å². The van der Waals surface area contributed by atoms with Crippen LogP contribution in [0.2, 0.25) is 0 Å². The lowest BCUT2D eigenvalue weighted by Gasteiger charge is -2.28. The number of amides is 3. The van der Waals surface area contributed by atoms with Gasteiger partial charge in [0.05, 0.1) is 17.0 Å². The van der Waals surface area contributed by atoms with Crippen LogP contribution < -0.4 is 4.74 Å². The smallest absolute Gasteiger partial charge is 0.291 e. The molecule has 11 heteroatoms. The molecule has 2 aromatic rings. The molecule has 3 amide bonds. The molecule has 1 saturated heterocycles. The summed E-state index contributed by atoms with van der Waals surface area (Å²) in [6.07, 6.45) is 1.13. The Morgan fingerprint density at radius 3 is 2.67 bits per heavy atom. The SMILES string of the molecule is O=C1c2cc([N+](=O)[O-])ccc2OCN1CCCCOC1SC(=O)N(Cc2ccccc2)C1=O. The Bertz CT molecular complexity index is 1080. The zero-order chi connectivity index (χ0) is 23.4. The average Bonchev–Trinajstić information content (AvgIpc) is 3.08. The summed E-state index contributed by atoms with van der Waals surface area (Å²) in [6, 6.07) is 13.2. The van der Waals surface area contributed by atoms with Gasteiger partial charge in [-0.3, -0.25) is 29.4 Å². The van der Waals surface area contributed by atoms with Crippen LogP contribution in [0.3, 0.4) is 0 Å². The van der Waals surface area contributed by atoms with Crippen LogP contribution in [-0.4, -0.2) is 57.1 Å². The number of carbonyl (C=O) groups excluding carboxylic acids is 3. The number of thioether (sulfide) groups is 1. The van der Waals surface area contributed by atoms with E-state index in [1.807, 2.05) is 30.3 Å². The van der Waals surface area contributed by atoms with Crippen molar-refractivity contribution in [2.75, 3.05) is 19.9 Å². The first-order valence-electron chi connectivity index (χ1n) is 10.3. The summed E-state index contributed by atoms with van der Waals surface area (Å²) in [7, 11) is 0. The minimum absolute atomic E-state index is 0.0599. The van der Waals surface area contributed by atoms with Crippen molar-refractivity contribution in [1.29, 1.82) is 0 Å². The van der Waals surface area contributed by atoms with Gasteiger partial charge >= 0.3 is 0 Å². The topological polar surface area (TPSA) is 119 Å². The second-order valence-electron chi connectivity index (χ2n) is 7.48. The largest absolute Gasteiger partial charge is 0.472 e. The van der Waals surface area contributed by atoms with Crippen LogP contribution in [0.25, 0.3) is 0 Å². The normalized spacial score (nSPS) is 17.8. The Hall–Kier alpha value is -3.44. The van der Waals surface area contributed by atoms with Gasteiger partial charge in [-0.1, -0.05) is 30.3 Å². The molecule has 172 valence electrons. The maximum Gasteiger partial charge on any atom is 0.291 e. The van der Waals surface area contributed by atoms with Crippen molar-refractivity contribution in [1.82, 2.24) is 9.80 Å². The quantitative estimate of drug-likeness (QED) is 0.310. The number of rotatable bonds is 9. The number of fused-ring (bicyclic) bond motifs is 1. The highest BCUT2D eigenvalue weighted by Crippen LogP contribution is 2.30. The van der Waals surface area contributed by atoms with Crippen LogP contribution in [0.5, 0.6) is 5.75 Å². The summed E-state index contributed by atoms with van der Waals surface area (Å²) < 4.78 is 11.1. The Labute approximate surface area is 193 Å². The van der Waals surface area contributed by atoms with E-state index >= 15 is 0 Å². The summed E-state index contributed by atoms with van der Waals surface area (Å²) >= 11 is 0.859. The van der Waals surface area contributed by atoms with Gasteiger partial charge in [0.2, 0.25) is 0 Å². The molecule has 1 atom stereocenters. The monoisotopic (exact) mass is 471 g/mol. The van der Waals surface area contributed by atoms with E-state index in [-0.39, 0.29) is 48.2 Å². The van der Waals surface area contributed by atoms with Crippen molar-refractivity contribution >= 4 is 34.5 Å². The first kappa shape index (κ1) is 22.7. The van der Waals surface area contributed by atoms with E-state index in [1.54, 1.807) is 0 Å². The number of hydrogen-bond acceptors (Lipinski definition) is 8. The maximum absolute atomic E-state index is 12.6. The zero-order valence-corrected chi connectivity index (χ0v) is 18.4. The van der Waals surface area contributed by atoms with Crippen molar-refractivity contribution in [2.24, 2.45) is 0 Å². The molecule has 0 N–H and O–H groups in total. The molecule has 0 aromatic heterocycles. The summed E-state index contributed by atoms with van der Waals surface area (Å²) in [4.78, 5) is 50.4. The molecule has 2 aliphatic rings. The van der Waals surface area contributed by atoms with E-state index < -0.39 is 10.4 Å². The third-order valence-corrected chi connectivity index (χ3v) is 6.21. The molecule has 1 fully saturated rings. The van der Waals surface area contributed by atoms with Crippen LogP contribution in [0, 0.1) is 10.1 Å². The molecule has 2 heterocycles. The number of benzene rings is 2. The van der Waals surface area contributed by atoms with Crippen molar-refractivity contribution in [3.05, 3.63) is 69.8 Å². The molecule has 0 spiro atoms. The summed E-state index contributed by atoms with van der Waals surface area (Å²) in [6.45, 7) is 0.891. The first-order chi connectivity index (χ1) is 15.9. The second-order valence-corrected chi connectivity index (χ2v) is 8.50. The van der Waals surface area contributed by atoms with E-state index in [4.69, 9.17) is 9.47 Å². The number of nitro benzene ring substituents is 1. The van der Waals surface area contributed by atoms with Gasteiger partial charge in [-0.25, -0.2) is 0 Å². The van der Waals surface area contributed by atoms with E-state index in [9.17, 15) is 24.5 Å². The highest BCUT2D eigenvalue weighted by Gasteiger charge is 2.40. The molecule has 10 nitrogen and oxygen atoms in total. The predicted octanol–water partition coefficient (Wildman–Crippen LogP) is 3.41. The molecule has 33 heavy (non-hydrogen) atoms. The van der Waals surface area contributed by atoms with Gasteiger partial charge in [0.15, 0.2) is 12.2 Å². The number of imide groups is 1. The van der Waals surface area contributed by atoms with Crippen LogP contribution in [0.15, 0.2) is 48.5 Å². The summed E-state index contributed by atoms with van der Waals surface area (Å²) in [5.74, 6) is -0.372. The number of unbranched alkanes of at least 4 members (excludes halogenated alkanes) is 1. The molecule has 0 aliphatic carbocycles.